The van der Waals surface area contributed by atoms with E-state index in [9.17, 15) is 4.39 Å². The molecule has 6 heteroatoms. The Morgan fingerprint density at radius 2 is 1.95 bits per heavy atom. The van der Waals surface area contributed by atoms with E-state index in [1.54, 1.807) is 13.2 Å². The predicted molar refractivity (Wildman–Crippen MR) is 89.0 cm³/mol. The van der Waals surface area contributed by atoms with Crippen molar-refractivity contribution in [2.75, 3.05) is 17.7 Å². The van der Waals surface area contributed by atoms with Crippen molar-refractivity contribution in [3.8, 4) is 5.75 Å². The van der Waals surface area contributed by atoms with Crippen LogP contribution in [0.15, 0.2) is 36.4 Å². The van der Waals surface area contributed by atoms with E-state index in [4.69, 9.17) is 28.6 Å². The van der Waals surface area contributed by atoms with Crippen LogP contribution < -0.4 is 15.4 Å². The lowest BCUT2D eigenvalue weighted by atomic mass is 10.2. The first-order valence-electron chi connectivity index (χ1n) is 6.17. The zero-order valence-corrected chi connectivity index (χ0v) is 13.1. The fourth-order valence-corrected chi connectivity index (χ4v) is 2.13. The summed E-state index contributed by atoms with van der Waals surface area (Å²) in [6, 6.07) is 9.97. The van der Waals surface area contributed by atoms with E-state index in [2.05, 4.69) is 10.6 Å². The molecule has 0 atom stereocenters. The Bertz CT molecular complexity index is 679. The van der Waals surface area contributed by atoms with E-state index in [0.717, 1.165) is 17.0 Å². The first-order chi connectivity index (χ1) is 9.99. The average molecular weight is 325 g/mol. The summed E-state index contributed by atoms with van der Waals surface area (Å²) in [5, 5.41) is 6.45. The monoisotopic (exact) mass is 324 g/mol. The van der Waals surface area contributed by atoms with Gasteiger partial charge < -0.3 is 15.4 Å². The lowest BCUT2D eigenvalue weighted by Crippen LogP contribution is -2.19. The smallest absolute Gasteiger partial charge is 0.175 e. The quantitative estimate of drug-likeness (QED) is 0.808. The van der Waals surface area contributed by atoms with Gasteiger partial charge in [0.15, 0.2) is 5.11 Å². The molecular formula is C15H14ClFN2OS. The number of halogens is 2. The van der Waals surface area contributed by atoms with Crippen LogP contribution in [0, 0.1) is 12.7 Å². The number of anilines is 2. The van der Waals surface area contributed by atoms with Crippen LogP contribution in [0.5, 0.6) is 5.75 Å². The summed E-state index contributed by atoms with van der Waals surface area (Å²) in [7, 11) is 1.60. The molecule has 0 aromatic heterocycles. The van der Waals surface area contributed by atoms with Gasteiger partial charge in [0.25, 0.3) is 0 Å². The summed E-state index contributed by atoms with van der Waals surface area (Å²) in [5.41, 5.74) is 2.47. The number of thiocarbonyl (C=S) groups is 1. The number of aryl methyl sites for hydroxylation is 1. The number of rotatable bonds is 3. The highest BCUT2D eigenvalue weighted by molar-refractivity contribution is 7.80. The number of benzene rings is 2. The van der Waals surface area contributed by atoms with Crippen molar-refractivity contribution in [1.29, 1.82) is 0 Å². The molecule has 0 heterocycles. The number of nitrogens with one attached hydrogen (secondary N) is 2. The summed E-state index contributed by atoms with van der Waals surface area (Å²) in [6.07, 6.45) is 0. The molecule has 2 aromatic carbocycles. The summed E-state index contributed by atoms with van der Waals surface area (Å²) in [4.78, 5) is 0. The molecule has 0 aliphatic heterocycles. The van der Waals surface area contributed by atoms with Crippen LogP contribution in [0.1, 0.15) is 5.56 Å². The number of methoxy groups -OCH3 is 1. The summed E-state index contributed by atoms with van der Waals surface area (Å²) in [5.74, 6) is 0.264. The van der Waals surface area contributed by atoms with Crippen molar-refractivity contribution in [1.82, 2.24) is 0 Å². The highest BCUT2D eigenvalue weighted by Crippen LogP contribution is 2.23. The van der Waals surface area contributed by atoms with Crippen LogP contribution in [-0.4, -0.2) is 12.2 Å². The molecule has 0 saturated carbocycles. The van der Waals surface area contributed by atoms with Gasteiger partial charge in [0, 0.05) is 17.4 Å². The largest absolute Gasteiger partial charge is 0.497 e. The second kappa shape index (κ2) is 6.74. The molecule has 0 spiro atoms. The predicted octanol–water partition coefficient (Wildman–Crippen LogP) is 4.61. The van der Waals surface area contributed by atoms with E-state index in [0.29, 0.717) is 10.8 Å². The SMILES string of the molecule is COc1ccc(C)c(NC(=S)Nc2ccc(F)c(Cl)c2)c1. The summed E-state index contributed by atoms with van der Waals surface area (Å²) >= 11 is 11.0. The molecule has 2 rings (SSSR count). The van der Waals surface area contributed by atoms with E-state index in [1.165, 1.54) is 12.1 Å². The topological polar surface area (TPSA) is 33.3 Å². The molecular weight excluding hydrogens is 311 g/mol. The second-order valence-electron chi connectivity index (χ2n) is 4.39. The Balaban J connectivity index is 2.09. The first kappa shape index (κ1) is 15.5. The number of ether oxygens (including phenoxy) is 1. The van der Waals surface area contributed by atoms with Gasteiger partial charge in [-0.25, -0.2) is 4.39 Å². The molecule has 3 nitrogen and oxygen atoms in total. The Kier molecular flexibility index (Phi) is 4.98. The van der Waals surface area contributed by atoms with Gasteiger partial charge in [-0.3, -0.25) is 0 Å². The van der Waals surface area contributed by atoms with Gasteiger partial charge in [-0.15, -0.1) is 0 Å². The first-order valence-corrected chi connectivity index (χ1v) is 6.96. The standard InChI is InChI=1S/C15H14ClFN2OS/c1-9-3-5-11(20-2)8-14(9)19-15(21)18-10-4-6-13(17)12(16)7-10/h3-8H,1-2H3,(H2,18,19,21). The van der Waals surface area contributed by atoms with Crippen molar-refractivity contribution in [3.63, 3.8) is 0 Å². The lowest BCUT2D eigenvalue weighted by Gasteiger charge is -2.13. The maximum atomic E-state index is 13.1. The van der Waals surface area contributed by atoms with Gasteiger partial charge in [0.05, 0.1) is 12.1 Å². The molecule has 21 heavy (non-hydrogen) atoms. The van der Waals surface area contributed by atoms with Crippen molar-refractivity contribution in [2.24, 2.45) is 0 Å². The van der Waals surface area contributed by atoms with Crippen molar-refractivity contribution in [2.45, 2.75) is 6.92 Å². The Labute approximate surface area is 133 Å². The zero-order valence-electron chi connectivity index (χ0n) is 11.5. The molecule has 0 saturated heterocycles. The van der Waals surface area contributed by atoms with Gasteiger partial charge >= 0.3 is 0 Å². The second-order valence-corrected chi connectivity index (χ2v) is 5.20. The third kappa shape index (κ3) is 4.06. The molecule has 110 valence electrons. The van der Waals surface area contributed by atoms with Gasteiger partial charge in [-0.05, 0) is 49.0 Å². The molecule has 0 aliphatic carbocycles. The third-order valence-corrected chi connectivity index (χ3v) is 3.36. The lowest BCUT2D eigenvalue weighted by molar-refractivity contribution is 0.415. The van der Waals surface area contributed by atoms with Crippen LogP contribution in [0.25, 0.3) is 0 Å². The zero-order chi connectivity index (χ0) is 15.4. The minimum atomic E-state index is -0.468. The van der Waals surface area contributed by atoms with E-state index in [1.807, 2.05) is 25.1 Å². The van der Waals surface area contributed by atoms with Gasteiger partial charge in [-0.1, -0.05) is 17.7 Å². The molecule has 0 unspecified atom stereocenters. The van der Waals surface area contributed by atoms with Crippen molar-refractivity contribution < 1.29 is 9.13 Å². The van der Waals surface area contributed by atoms with Gasteiger partial charge in [0.2, 0.25) is 0 Å². The van der Waals surface area contributed by atoms with Crippen LogP contribution in [0.3, 0.4) is 0 Å². The minimum absolute atomic E-state index is 0.0420. The average Bonchev–Trinajstić information content (AvgIpc) is 2.45. The van der Waals surface area contributed by atoms with E-state index < -0.39 is 5.82 Å². The highest BCUT2D eigenvalue weighted by atomic mass is 35.5. The van der Waals surface area contributed by atoms with E-state index >= 15 is 0 Å². The highest BCUT2D eigenvalue weighted by Gasteiger charge is 2.05. The molecule has 0 radical (unpaired) electrons. The van der Waals surface area contributed by atoms with E-state index in [-0.39, 0.29) is 5.02 Å². The minimum Gasteiger partial charge on any atom is -0.497 e. The fourth-order valence-electron chi connectivity index (χ4n) is 1.72. The molecule has 2 aromatic rings. The fraction of sp³-hybridized carbons (Fsp3) is 0.133. The summed E-state index contributed by atoms with van der Waals surface area (Å²) in [6.45, 7) is 1.96. The normalized spacial score (nSPS) is 10.1. The van der Waals surface area contributed by atoms with Gasteiger partial charge in [-0.2, -0.15) is 0 Å². The number of hydrogen-bond acceptors (Lipinski definition) is 2. The Morgan fingerprint density at radius 3 is 2.62 bits per heavy atom. The van der Waals surface area contributed by atoms with Crippen LogP contribution in [0.2, 0.25) is 5.02 Å². The maximum Gasteiger partial charge on any atom is 0.175 e. The molecule has 0 aliphatic rings. The van der Waals surface area contributed by atoms with Crippen molar-refractivity contribution in [3.05, 3.63) is 52.8 Å². The van der Waals surface area contributed by atoms with Crippen LogP contribution in [0.4, 0.5) is 15.8 Å². The third-order valence-electron chi connectivity index (χ3n) is 2.87. The van der Waals surface area contributed by atoms with Crippen LogP contribution in [-0.2, 0) is 0 Å². The van der Waals surface area contributed by atoms with Crippen molar-refractivity contribution >= 4 is 40.3 Å². The van der Waals surface area contributed by atoms with Gasteiger partial charge in [0.1, 0.15) is 11.6 Å². The molecule has 0 fully saturated rings. The molecule has 0 bridgehead atoms. The van der Waals surface area contributed by atoms with Crippen LogP contribution >= 0.6 is 23.8 Å². The maximum absolute atomic E-state index is 13.1. The molecule has 0 amide bonds. The Morgan fingerprint density at radius 1 is 1.19 bits per heavy atom. The Hall–Kier alpha value is -1.85. The summed E-state index contributed by atoms with van der Waals surface area (Å²) < 4.78 is 18.3. The molecule has 2 N–H and O–H groups in total. The number of hydrogen-bond donors (Lipinski definition) is 2.